The van der Waals surface area contributed by atoms with Gasteiger partial charge >= 0.3 is 0 Å². The monoisotopic (exact) mass is 312 g/mol. The Hall–Kier alpha value is -1.99. The zero-order chi connectivity index (χ0) is 15.6. The quantitative estimate of drug-likeness (QED) is 0.911. The molecule has 0 saturated heterocycles. The summed E-state index contributed by atoms with van der Waals surface area (Å²) in [6.45, 7) is 1.91. The molecule has 0 saturated carbocycles. The number of anilines is 1. The van der Waals surface area contributed by atoms with Crippen molar-refractivity contribution in [2.24, 2.45) is 5.73 Å². The first-order valence-electron chi connectivity index (χ1n) is 6.11. The molecule has 2 aromatic carbocycles. The zero-order valence-corrected chi connectivity index (χ0v) is 12.0. The molecule has 0 atom stereocenters. The fourth-order valence-corrected chi connectivity index (χ4v) is 3.21. The van der Waals surface area contributed by atoms with Gasteiger partial charge in [-0.05, 0) is 36.2 Å². The second-order valence-corrected chi connectivity index (χ2v) is 6.18. The molecule has 0 aromatic heterocycles. The van der Waals surface area contributed by atoms with Crippen molar-refractivity contribution in [1.82, 2.24) is 0 Å². The summed E-state index contributed by atoms with van der Waals surface area (Å²) in [7, 11) is -3.96. The molecule has 0 amide bonds. The van der Waals surface area contributed by atoms with Crippen LogP contribution < -0.4 is 10.5 Å². The van der Waals surface area contributed by atoms with Crippen molar-refractivity contribution >= 4 is 15.7 Å². The minimum atomic E-state index is -3.96. The van der Waals surface area contributed by atoms with Gasteiger partial charge in [-0.15, -0.1) is 0 Å². The number of halogens is 2. The van der Waals surface area contributed by atoms with E-state index in [0.29, 0.717) is 18.2 Å². The molecule has 0 bridgehead atoms. The minimum Gasteiger partial charge on any atom is -0.326 e. The molecule has 0 heterocycles. The smallest absolute Gasteiger partial charge is 0.262 e. The number of sulfonamides is 1. The first-order chi connectivity index (χ1) is 9.83. The molecule has 112 valence electrons. The second kappa shape index (κ2) is 5.79. The Morgan fingerprint density at radius 2 is 1.86 bits per heavy atom. The fourth-order valence-electron chi connectivity index (χ4n) is 1.91. The van der Waals surface area contributed by atoms with Gasteiger partial charge < -0.3 is 5.73 Å². The van der Waals surface area contributed by atoms with Crippen LogP contribution in [0.5, 0.6) is 0 Å². The van der Waals surface area contributed by atoms with Crippen molar-refractivity contribution in [3.8, 4) is 0 Å². The van der Waals surface area contributed by atoms with E-state index in [-0.39, 0.29) is 10.6 Å². The summed E-state index contributed by atoms with van der Waals surface area (Å²) in [6, 6.07) is 7.26. The average Bonchev–Trinajstić information content (AvgIpc) is 2.41. The van der Waals surface area contributed by atoms with Gasteiger partial charge in [-0.2, -0.15) is 0 Å². The molecular weight excluding hydrogens is 298 g/mol. The number of rotatable bonds is 4. The Bertz CT molecular complexity index is 777. The maximum atomic E-state index is 13.5. The summed E-state index contributed by atoms with van der Waals surface area (Å²) in [5.41, 5.74) is 6.46. The van der Waals surface area contributed by atoms with Crippen LogP contribution in [0.2, 0.25) is 0 Å². The predicted molar refractivity (Wildman–Crippen MR) is 76.2 cm³/mol. The topological polar surface area (TPSA) is 72.2 Å². The molecule has 0 aliphatic carbocycles. The Morgan fingerprint density at radius 3 is 2.43 bits per heavy atom. The van der Waals surface area contributed by atoms with Gasteiger partial charge in [-0.1, -0.05) is 12.1 Å². The van der Waals surface area contributed by atoms with E-state index < -0.39 is 21.7 Å². The molecule has 2 aromatic rings. The Kier molecular flexibility index (Phi) is 4.24. The van der Waals surface area contributed by atoms with E-state index in [1.54, 1.807) is 19.1 Å². The molecule has 0 radical (unpaired) electrons. The molecular formula is C14H14F2N2O2S. The fraction of sp³-hybridized carbons (Fsp3) is 0.143. The Labute approximate surface area is 121 Å². The van der Waals surface area contributed by atoms with E-state index in [1.165, 1.54) is 6.07 Å². The first-order valence-corrected chi connectivity index (χ1v) is 7.59. The summed E-state index contributed by atoms with van der Waals surface area (Å²) in [4.78, 5) is 0.0171. The van der Waals surface area contributed by atoms with Crippen molar-refractivity contribution in [3.63, 3.8) is 0 Å². The normalized spacial score (nSPS) is 11.4. The molecule has 0 aliphatic heterocycles. The van der Waals surface area contributed by atoms with E-state index in [2.05, 4.69) is 4.72 Å². The lowest BCUT2D eigenvalue weighted by atomic mass is 10.1. The molecule has 2 rings (SSSR count). The largest absolute Gasteiger partial charge is 0.326 e. The van der Waals surface area contributed by atoms with Crippen LogP contribution in [0.25, 0.3) is 0 Å². The van der Waals surface area contributed by atoms with Gasteiger partial charge in [-0.25, -0.2) is 17.2 Å². The van der Waals surface area contributed by atoms with Crippen LogP contribution in [0, 0.1) is 18.6 Å². The molecule has 0 unspecified atom stereocenters. The average molecular weight is 312 g/mol. The van der Waals surface area contributed by atoms with Gasteiger partial charge in [0.25, 0.3) is 10.0 Å². The van der Waals surface area contributed by atoms with Gasteiger partial charge in [0.1, 0.15) is 11.6 Å². The van der Waals surface area contributed by atoms with Crippen molar-refractivity contribution in [2.75, 3.05) is 4.72 Å². The highest BCUT2D eigenvalue weighted by Gasteiger charge is 2.19. The standard InChI is InChI=1S/C14H14F2N2O2S/c1-9-6-10(8-17)2-5-14(9)21(19,20)18-13-4-3-11(15)7-12(13)16/h2-7,18H,8,17H2,1H3. The van der Waals surface area contributed by atoms with Gasteiger partial charge in [0, 0.05) is 12.6 Å². The number of benzene rings is 2. The van der Waals surface area contributed by atoms with Gasteiger partial charge in [0.2, 0.25) is 0 Å². The van der Waals surface area contributed by atoms with Crippen LogP contribution in [0.3, 0.4) is 0 Å². The van der Waals surface area contributed by atoms with Crippen molar-refractivity contribution in [1.29, 1.82) is 0 Å². The third-order valence-corrected chi connectivity index (χ3v) is 4.47. The third-order valence-electron chi connectivity index (χ3n) is 2.94. The van der Waals surface area contributed by atoms with E-state index in [0.717, 1.165) is 17.7 Å². The van der Waals surface area contributed by atoms with E-state index in [9.17, 15) is 17.2 Å². The van der Waals surface area contributed by atoms with Crippen molar-refractivity contribution in [3.05, 3.63) is 59.2 Å². The van der Waals surface area contributed by atoms with Crippen LogP contribution in [0.15, 0.2) is 41.3 Å². The lowest BCUT2D eigenvalue weighted by Gasteiger charge is -2.12. The highest BCUT2D eigenvalue weighted by atomic mass is 32.2. The maximum absolute atomic E-state index is 13.5. The molecule has 0 fully saturated rings. The summed E-state index contributed by atoms with van der Waals surface area (Å²) in [5, 5.41) is 0. The van der Waals surface area contributed by atoms with Crippen LogP contribution in [0.1, 0.15) is 11.1 Å². The highest BCUT2D eigenvalue weighted by Crippen LogP contribution is 2.22. The maximum Gasteiger partial charge on any atom is 0.262 e. The molecule has 4 nitrogen and oxygen atoms in total. The van der Waals surface area contributed by atoms with Crippen LogP contribution in [0.4, 0.5) is 14.5 Å². The van der Waals surface area contributed by atoms with Gasteiger partial charge in [0.05, 0.1) is 10.6 Å². The molecule has 0 spiro atoms. The Balaban J connectivity index is 2.38. The summed E-state index contributed by atoms with van der Waals surface area (Å²) in [6.07, 6.45) is 0. The number of hydrogen-bond acceptors (Lipinski definition) is 3. The van der Waals surface area contributed by atoms with Crippen LogP contribution >= 0.6 is 0 Å². The first kappa shape index (κ1) is 15.4. The zero-order valence-electron chi connectivity index (χ0n) is 11.2. The molecule has 21 heavy (non-hydrogen) atoms. The highest BCUT2D eigenvalue weighted by molar-refractivity contribution is 7.92. The second-order valence-electron chi connectivity index (χ2n) is 4.53. The summed E-state index contributed by atoms with van der Waals surface area (Å²) < 4.78 is 53.0. The lowest BCUT2D eigenvalue weighted by Crippen LogP contribution is -2.15. The van der Waals surface area contributed by atoms with Crippen LogP contribution in [-0.2, 0) is 16.6 Å². The molecule has 7 heteroatoms. The summed E-state index contributed by atoms with van der Waals surface area (Å²) in [5.74, 6) is -1.76. The summed E-state index contributed by atoms with van der Waals surface area (Å²) >= 11 is 0. The number of aryl methyl sites for hydroxylation is 1. The number of nitrogens with one attached hydrogen (secondary N) is 1. The predicted octanol–water partition coefficient (Wildman–Crippen LogP) is 2.53. The lowest BCUT2D eigenvalue weighted by molar-refractivity contribution is 0.582. The molecule has 3 N–H and O–H groups in total. The number of hydrogen-bond donors (Lipinski definition) is 2. The van der Waals surface area contributed by atoms with Crippen molar-refractivity contribution in [2.45, 2.75) is 18.4 Å². The SMILES string of the molecule is Cc1cc(CN)ccc1S(=O)(=O)Nc1ccc(F)cc1F. The van der Waals surface area contributed by atoms with Crippen molar-refractivity contribution < 1.29 is 17.2 Å². The third kappa shape index (κ3) is 3.37. The van der Waals surface area contributed by atoms with Gasteiger partial charge in [0.15, 0.2) is 0 Å². The van der Waals surface area contributed by atoms with Crippen LogP contribution in [-0.4, -0.2) is 8.42 Å². The molecule has 0 aliphatic rings. The Morgan fingerprint density at radius 1 is 1.14 bits per heavy atom. The number of nitrogens with two attached hydrogens (primary N) is 1. The van der Waals surface area contributed by atoms with E-state index >= 15 is 0 Å². The van der Waals surface area contributed by atoms with Gasteiger partial charge in [-0.3, -0.25) is 4.72 Å². The van der Waals surface area contributed by atoms with E-state index in [4.69, 9.17) is 5.73 Å². The van der Waals surface area contributed by atoms with E-state index in [1.807, 2.05) is 0 Å². The minimum absolute atomic E-state index is 0.0171.